The molecule has 4 rings (SSSR count). The number of anilines is 3. The van der Waals surface area contributed by atoms with Crippen molar-refractivity contribution in [3.05, 3.63) is 54.1 Å². The molecule has 2 amide bonds. The monoisotopic (exact) mass is 391 g/mol. The highest BCUT2D eigenvalue weighted by atomic mass is 16.5. The van der Waals surface area contributed by atoms with Crippen LogP contribution < -0.4 is 15.1 Å². The largest absolute Gasteiger partial charge is 0.378 e. The molecule has 2 fully saturated rings. The summed E-state index contributed by atoms with van der Waals surface area (Å²) in [6, 6.07) is 17.5. The smallest absolute Gasteiger partial charge is 0.322 e. The molecule has 7 nitrogen and oxygen atoms in total. The Morgan fingerprint density at radius 3 is 2.10 bits per heavy atom. The number of carbonyl (C=O) groups is 1. The standard InChI is InChI=1S/C22H25N5O2/c23-17-18-5-1-2-6-19(18)24-22(28)27-11-9-25(10-12-27)20-7-3-4-8-21(20)26-13-15-29-16-14-26/h1-8H,9-16H2,(H,24,28). The maximum absolute atomic E-state index is 12.7. The summed E-state index contributed by atoms with van der Waals surface area (Å²) in [7, 11) is 0. The Labute approximate surface area is 171 Å². The predicted molar refractivity (Wildman–Crippen MR) is 113 cm³/mol. The van der Waals surface area contributed by atoms with Crippen molar-refractivity contribution >= 4 is 23.1 Å². The van der Waals surface area contributed by atoms with Crippen LogP contribution in [0.2, 0.25) is 0 Å². The molecule has 0 aliphatic carbocycles. The van der Waals surface area contributed by atoms with Gasteiger partial charge in [-0.1, -0.05) is 24.3 Å². The Morgan fingerprint density at radius 1 is 0.862 bits per heavy atom. The van der Waals surface area contributed by atoms with E-state index in [1.807, 2.05) is 11.0 Å². The molecule has 0 spiro atoms. The van der Waals surface area contributed by atoms with Crippen LogP contribution in [-0.2, 0) is 4.74 Å². The number of rotatable bonds is 3. The van der Waals surface area contributed by atoms with Crippen LogP contribution in [0, 0.1) is 11.3 Å². The van der Waals surface area contributed by atoms with Gasteiger partial charge in [0.05, 0.1) is 35.8 Å². The van der Waals surface area contributed by atoms with Gasteiger partial charge in [0.2, 0.25) is 0 Å². The Kier molecular flexibility index (Phi) is 5.82. The SMILES string of the molecule is N#Cc1ccccc1NC(=O)N1CCN(c2ccccc2N2CCOCC2)CC1. The lowest BCUT2D eigenvalue weighted by Gasteiger charge is -2.39. The summed E-state index contributed by atoms with van der Waals surface area (Å²) in [4.78, 5) is 19.2. The fourth-order valence-electron chi connectivity index (χ4n) is 3.84. The van der Waals surface area contributed by atoms with Crippen molar-refractivity contribution in [2.24, 2.45) is 0 Å². The minimum absolute atomic E-state index is 0.159. The quantitative estimate of drug-likeness (QED) is 0.871. The third kappa shape index (κ3) is 4.28. The van der Waals surface area contributed by atoms with Crippen molar-refractivity contribution in [1.82, 2.24) is 4.90 Å². The van der Waals surface area contributed by atoms with Crippen molar-refractivity contribution in [3.8, 4) is 6.07 Å². The van der Waals surface area contributed by atoms with E-state index >= 15 is 0 Å². The second-order valence-electron chi connectivity index (χ2n) is 7.15. The van der Waals surface area contributed by atoms with Gasteiger partial charge in [-0.15, -0.1) is 0 Å². The van der Waals surface area contributed by atoms with Gasteiger partial charge in [0.15, 0.2) is 0 Å². The summed E-state index contributed by atoms with van der Waals surface area (Å²) in [5.74, 6) is 0. The Morgan fingerprint density at radius 2 is 1.45 bits per heavy atom. The summed E-state index contributed by atoms with van der Waals surface area (Å²) in [5.41, 5.74) is 3.47. The van der Waals surface area contributed by atoms with Crippen LogP contribution in [-0.4, -0.2) is 63.4 Å². The van der Waals surface area contributed by atoms with Gasteiger partial charge in [0.25, 0.3) is 0 Å². The van der Waals surface area contributed by atoms with Gasteiger partial charge in [0.1, 0.15) is 6.07 Å². The minimum Gasteiger partial charge on any atom is -0.378 e. The molecule has 2 aromatic rings. The molecule has 29 heavy (non-hydrogen) atoms. The first kappa shape index (κ1) is 19.1. The van der Waals surface area contributed by atoms with E-state index in [4.69, 9.17) is 4.74 Å². The highest BCUT2D eigenvalue weighted by Crippen LogP contribution is 2.30. The molecule has 0 bridgehead atoms. The van der Waals surface area contributed by atoms with E-state index in [0.29, 0.717) is 24.3 Å². The summed E-state index contributed by atoms with van der Waals surface area (Å²) in [6.45, 7) is 6.13. The van der Waals surface area contributed by atoms with E-state index in [1.165, 1.54) is 11.4 Å². The van der Waals surface area contributed by atoms with Gasteiger partial charge in [0, 0.05) is 39.3 Å². The van der Waals surface area contributed by atoms with Crippen LogP contribution in [0.1, 0.15) is 5.56 Å². The number of nitrogens with one attached hydrogen (secondary N) is 1. The normalized spacial score (nSPS) is 17.0. The lowest BCUT2D eigenvalue weighted by Crippen LogP contribution is -2.50. The molecule has 2 heterocycles. The first-order valence-corrected chi connectivity index (χ1v) is 9.98. The van der Waals surface area contributed by atoms with E-state index in [1.54, 1.807) is 18.2 Å². The molecule has 0 unspecified atom stereocenters. The summed E-state index contributed by atoms with van der Waals surface area (Å²) in [6.07, 6.45) is 0. The van der Waals surface area contributed by atoms with E-state index in [9.17, 15) is 10.1 Å². The van der Waals surface area contributed by atoms with Gasteiger partial charge in [-0.3, -0.25) is 0 Å². The zero-order valence-corrected chi connectivity index (χ0v) is 16.4. The topological polar surface area (TPSA) is 71.8 Å². The van der Waals surface area contributed by atoms with Crippen molar-refractivity contribution in [1.29, 1.82) is 5.26 Å². The summed E-state index contributed by atoms with van der Waals surface area (Å²) >= 11 is 0. The number of hydrogen-bond acceptors (Lipinski definition) is 5. The van der Waals surface area contributed by atoms with Crippen LogP contribution in [0.4, 0.5) is 21.9 Å². The molecule has 0 aromatic heterocycles. The fourth-order valence-corrected chi connectivity index (χ4v) is 3.84. The molecular formula is C22H25N5O2. The molecule has 150 valence electrons. The van der Waals surface area contributed by atoms with Gasteiger partial charge in [-0.25, -0.2) is 4.79 Å². The zero-order chi connectivity index (χ0) is 20.1. The number of carbonyl (C=O) groups excluding carboxylic acids is 1. The lowest BCUT2D eigenvalue weighted by atomic mass is 10.2. The Balaban J connectivity index is 1.40. The lowest BCUT2D eigenvalue weighted by molar-refractivity contribution is 0.122. The molecule has 2 aliphatic rings. The van der Waals surface area contributed by atoms with Crippen LogP contribution in [0.25, 0.3) is 0 Å². The summed E-state index contributed by atoms with van der Waals surface area (Å²) in [5, 5.41) is 12.1. The molecule has 2 saturated heterocycles. The number of hydrogen-bond donors (Lipinski definition) is 1. The number of benzene rings is 2. The molecular weight excluding hydrogens is 366 g/mol. The third-order valence-corrected chi connectivity index (χ3v) is 5.43. The maximum atomic E-state index is 12.7. The number of para-hydroxylation sites is 3. The highest BCUT2D eigenvalue weighted by Gasteiger charge is 2.24. The van der Waals surface area contributed by atoms with Crippen molar-refractivity contribution in [3.63, 3.8) is 0 Å². The second kappa shape index (κ2) is 8.84. The fraction of sp³-hybridized carbons (Fsp3) is 0.364. The second-order valence-corrected chi connectivity index (χ2v) is 7.15. The first-order valence-electron chi connectivity index (χ1n) is 9.98. The van der Waals surface area contributed by atoms with E-state index < -0.39 is 0 Å². The van der Waals surface area contributed by atoms with Crippen molar-refractivity contribution < 1.29 is 9.53 Å². The molecule has 0 saturated carbocycles. The van der Waals surface area contributed by atoms with Gasteiger partial charge < -0.3 is 24.8 Å². The molecule has 0 radical (unpaired) electrons. The summed E-state index contributed by atoms with van der Waals surface area (Å²) < 4.78 is 5.49. The number of amides is 2. The first-order chi connectivity index (χ1) is 14.3. The zero-order valence-electron chi connectivity index (χ0n) is 16.4. The van der Waals surface area contributed by atoms with Crippen LogP contribution in [0.5, 0.6) is 0 Å². The number of ether oxygens (including phenoxy) is 1. The van der Waals surface area contributed by atoms with Crippen LogP contribution in [0.3, 0.4) is 0 Å². The number of urea groups is 1. The number of nitriles is 1. The number of nitrogens with zero attached hydrogens (tertiary/aromatic N) is 4. The third-order valence-electron chi connectivity index (χ3n) is 5.43. The molecule has 2 aromatic carbocycles. The molecule has 7 heteroatoms. The van der Waals surface area contributed by atoms with Crippen LogP contribution >= 0.6 is 0 Å². The minimum atomic E-state index is -0.159. The number of piperazine rings is 1. The van der Waals surface area contributed by atoms with Crippen molar-refractivity contribution in [2.45, 2.75) is 0 Å². The Bertz CT molecular complexity index is 896. The van der Waals surface area contributed by atoms with E-state index in [2.05, 4.69) is 45.5 Å². The molecule has 0 atom stereocenters. The van der Waals surface area contributed by atoms with Crippen molar-refractivity contribution in [2.75, 3.05) is 67.6 Å². The predicted octanol–water partition coefficient (Wildman–Crippen LogP) is 2.75. The Hall–Kier alpha value is -3.24. The number of morpholine rings is 1. The molecule has 1 N–H and O–H groups in total. The molecule has 2 aliphatic heterocycles. The van der Waals surface area contributed by atoms with Crippen LogP contribution in [0.15, 0.2) is 48.5 Å². The average Bonchev–Trinajstić information content (AvgIpc) is 2.80. The maximum Gasteiger partial charge on any atom is 0.322 e. The average molecular weight is 391 g/mol. The van der Waals surface area contributed by atoms with E-state index in [-0.39, 0.29) is 6.03 Å². The van der Waals surface area contributed by atoms with Gasteiger partial charge in [-0.05, 0) is 24.3 Å². The van der Waals surface area contributed by atoms with E-state index in [0.717, 1.165) is 39.4 Å². The highest BCUT2D eigenvalue weighted by molar-refractivity contribution is 5.91. The van der Waals surface area contributed by atoms with Gasteiger partial charge >= 0.3 is 6.03 Å². The van der Waals surface area contributed by atoms with Gasteiger partial charge in [-0.2, -0.15) is 5.26 Å².